The van der Waals surface area contributed by atoms with Gasteiger partial charge in [0.1, 0.15) is 6.61 Å². The van der Waals surface area contributed by atoms with Gasteiger partial charge in [0.2, 0.25) is 0 Å². The highest BCUT2D eigenvalue weighted by molar-refractivity contribution is 6.40. The van der Waals surface area contributed by atoms with Crippen LogP contribution in [0.2, 0.25) is 15.1 Å². The quantitative estimate of drug-likeness (QED) is 0.569. The van der Waals surface area contributed by atoms with Crippen LogP contribution in [0.3, 0.4) is 0 Å². The summed E-state index contributed by atoms with van der Waals surface area (Å²) in [4.78, 5) is 0. The average molecular weight is 286 g/mol. The second-order valence-corrected chi connectivity index (χ2v) is 4.39. The number of rotatable bonds is 4. The van der Waals surface area contributed by atoms with Crippen LogP contribution in [-0.4, -0.2) is 12.5 Å². The fraction of sp³-hybridized carbons (Fsp3) is 0.200. The predicted octanol–water partition coefficient (Wildman–Crippen LogP) is 4.82. The molecule has 0 unspecified atom stereocenters. The Balaban J connectivity index is 2.81. The third-order valence-corrected chi connectivity index (χ3v) is 2.73. The zero-order chi connectivity index (χ0) is 11.4. The van der Waals surface area contributed by atoms with Crippen molar-refractivity contribution >= 4 is 46.4 Å². The molecular formula is C10H8Cl4O. The molecular weight excluding hydrogens is 278 g/mol. The lowest BCUT2D eigenvalue weighted by Crippen LogP contribution is -2.02. The Labute approximate surface area is 109 Å². The predicted molar refractivity (Wildman–Crippen MR) is 66.8 cm³/mol. The van der Waals surface area contributed by atoms with E-state index in [1.807, 2.05) is 0 Å². The minimum Gasteiger partial charge on any atom is -0.486 e. The van der Waals surface area contributed by atoms with Crippen LogP contribution in [0.25, 0.3) is 0 Å². The molecule has 0 N–H and O–H groups in total. The first-order valence-corrected chi connectivity index (χ1v) is 5.71. The van der Waals surface area contributed by atoms with E-state index >= 15 is 0 Å². The smallest absolute Gasteiger partial charge is 0.157 e. The van der Waals surface area contributed by atoms with E-state index in [-0.39, 0.29) is 6.61 Å². The number of halogens is 4. The molecule has 0 aromatic heterocycles. The summed E-state index contributed by atoms with van der Waals surface area (Å²) in [5, 5.41) is 1.21. The number of alkyl halides is 1. The molecule has 0 fully saturated rings. The van der Waals surface area contributed by atoms with Crippen LogP contribution >= 0.6 is 46.4 Å². The fourth-order valence-electron chi connectivity index (χ4n) is 0.880. The molecule has 1 aromatic carbocycles. The highest BCUT2D eigenvalue weighted by Crippen LogP contribution is 2.35. The van der Waals surface area contributed by atoms with Gasteiger partial charge in [-0.15, -0.1) is 11.6 Å². The second kappa shape index (κ2) is 5.86. The lowest BCUT2D eigenvalue weighted by Gasteiger charge is -2.10. The van der Waals surface area contributed by atoms with Gasteiger partial charge < -0.3 is 4.74 Å². The van der Waals surface area contributed by atoms with E-state index in [0.29, 0.717) is 26.7 Å². The molecule has 0 atom stereocenters. The summed E-state index contributed by atoms with van der Waals surface area (Å²) in [6.07, 6.45) is 0. The highest BCUT2D eigenvalue weighted by Gasteiger charge is 2.09. The van der Waals surface area contributed by atoms with E-state index < -0.39 is 0 Å². The van der Waals surface area contributed by atoms with Crippen LogP contribution in [0.4, 0.5) is 0 Å². The van der Waals surface area contributed by atoms with Crippen LogP contribution in [0.15, 0.2) is 24.3 Å². The summed E-state index contributed by atoms with van der Waals surface area (Å²) in [7, 11) is 0. The lowest BCUT2D eigenvalue weighted by atomic mass is 10.3. The first kappa shape index (κ1) is 13.0. The number of benzene rings is 1. The van der Waals surface area contributed by atoms with Gasteiger partial charge in [-0.3, -0.25) is 0 Å². The van der Waals surface area contributed by atoms with Crippen LogP contribution < -0.4 is 4.74 Å². The van der Waals surface area contributed by atoms with Gasteiger partial charge in [-0.2, -0.15) is 0 Å². The molecule has 0 radical (unpaired) electrons. The normalized spacial score (nSPS) is 10.1. The molecule has 0 aliphatic carbocycles. The van der Waals surface area contributed by atoms with Crippen molar-refractivity contribution in [3.8, 4) is 5.75 Å². The maximum absolute atomic E-state index is 5.90. The molecule has 0 aliphatic heterocycles. The van der Waals surface area contributed by atoms with Crippen molar-refractivity contribution in [1.82, 2.24) is 0 Å². The first-order chi connectivity index (χ1) is 7.04. The maximum atomic E-state index is 5.90. The first-order valence-electron chi connectivity index (χ1n) is 4.04. The summed E-state index contributed by atoms with van der Waals surface area (Å²) >= 11 is 23.1. The Morgan fingerprint density at radius 1 is 1.20 bits per heavy atom. The third kappa shape index (κ3) is 3.76. The van der Waals surface area contributed by atoms with Crippen molar-refractivity contribution in [3.63, 3.8) is 0 Å². The SMILES string of the molecule is C=C(CCl)COc1c(Cl)cc(Cl)cc1Cl. The van der Waals surface area contributed by atoms with Crippen LogP contribution in [-0.2, 0) is 0 Å². The van der Waals surface area contributed by atoms with E-state index in [9.17, 15) is 0 Å². The number of hydrogen-bond acceptors (Lipinski definition) is 1. The van der Waals surface area contributed by atoms with Crippen molar-refractivity contribution < 1.29 is 4.74 Å². The van der Waals surface area contributed by atoms with E-state index in [1.165, 1.54) is 0 Å². The molecule has 0 heterocycles. The summed E-state index contributed by atoms with van der Waals surface area (Å²) in [5.41, 5.74) is 0.749. The Kier molecular flexibility index (Phi) is 5.07. The summed E-state index contributed by atoms with van der Waals surface area (Å²) in [6, 6.07) is 3.13. The summed E-state index contributed by atoms with van der Waals surface area (Å²) < 4.78 is 5.37. The van der Waals surface area contributed by atoms with Gasteiger partial charge in [0.15, 0.2) is 5.75 Å². The van der Waals surface area contributed by atoms with Crippen LogP contribution in [0.5, 0.6) is 5.75 Å². The molecule has 0 aliphatic rings. The van der Waals surface area contributed by atoms with Gasteiger partial charge >= 0.3 is 0 Å². The number of hydrogen-bond donors (Lipinski definition) is 0. The maximum Gasteiger partial charge on any atom is 0.157 e. The summed E-state index contributed by atoms with van der Waals surface area (Å²) in [5.74, 6) is 0.733. The molecule has 0 saturated carbocycles. The molecule has 1 nitrogen and oxygen atoms in total. The Morgan fingerprint density at radius 3 is 2.20 bits per heavy atom. The van der Waals surface area contributed by atoms with Crippen molar-refractivity contribution in [3.05, 3.63) is 39.4 Å². The third-order valence-electron chi connectivity index (χ3n) is 1.57. The van der Waals surface area contributed by atoms with Crippen LogP contribution in [0, 0.1) is 0 Å². The molecule has 1 rings (SSSR count). The van der Waals surface area contributed by atoms with Gasteiger partial charge in [0, 0.05) is 10.9 Å². The Morgan fingerprint density at radius 2 is 1.73 bits per heavy atom. The Bertz CT molecular complexity index is 353. The largest absolute Gasteiger partial charge is 0.486 e. The lowest BCUT2D eigenvalue weighted by molar-refractivity contribution is 0.353. The van der Waals surface area contributed by atoms with E-state index in [4.69, 9.17) is 51.1 Å². The highest BCUT2D eigenvalue weighted by atomic mass is 35.5. The zero-order valence-corrected chi connectivity index (χ0v) is 10.7. The molecule has 1 aromatic rings. The van der Waals surface area contributed by atoms with Crippen molar-refractivity contribution in [2.45, 2.75) is 0 Å². The Hall–Kier alpha value is -0.0800. The molecule has 82 valence electrons. The molecule has 0 spiro atoms. The molecule has 5 heteroatoms. The monoisotopic (exact) mass is 284 g/mol. The van der Waals surface area contributed by atoms with Crippen molar-refractivity contribution in [2.75, 3.05) is 12.5 Å². The fourth-order valence-corrected chi connectivity index (χ4v) is 1.88. The minimum atomic E-state index is 0.282. The average Bonchev–Trinajstić information content (AvgIpc) is 2.15. The molecule has 0 amide bonds. The van der Waals surface area contributed by atoms with Gasteiger partial charge in [0.05, 0.1) is 10.0 Å². The minimum absolute atomic E-state index is 0.282. The van der Waals surface area contributed by atoms with Gasteiger partial charge in [-0.1, -0.05) is 41.4 Å². The van der Waals surface area contributed by atoms with Crippen molar-refractivity contribution in [1.29, 1.82) is 0 Å². The van der Waals surface area contributed by atoms with Gasteiger partial charge in [0.25, 0.3) is 0 Å². The second-order valence-electron chi connectivity index (χ2n) is 2.87. The summed E-state index contributed by atoms with van der Waals surface area (Å²) in [6.45, 7) is 3.98. The van der Waals surface area contributed by atoms with E-state index in [1.54, 1.807) is 12.1 Å². The molecule has 0 bridgehead atoms. The standard InChI is InChI=1S/C10H8Cl4O/c1-6(4-11)5-15-10-8(13)2-7(12)3-9(10)14/h2-3H,1,4-5H2. The van der Waals surface area contributed by atoms with Gasteiger partial charge in [-0.25, -0.2) is 0 Å². The van der Waals surface area contributed by atoms with Crippen LogP contribution in [0.1, 0.15) is 0 Å². The van der Waals surface area contributed by atoms with Crippen molar-refractivity contribution in [2.24, 2.45) is 0 Å². The van der Waals surface area contributed by atoms with E-state index in [0.717, 1.165) is 5.57 Å². The molecule has 15 heavy (non-hydrogen) atoms. The molecule has 0 saturated heterocycles. The van der Waals surface area contributed by atoms with Gasteiger partial charge in [-0.05, 0) is 17.7 Å². The number of ether oxygens (including phenoxy) is 1. The zero-order valence-electron chi connectivity index (χ0n) is 7.70. The topological polar surface area (TPSA) is 9.23 Å². The van der Waals surface area contributed by atoms with E-state index in [2.05, 4.69) is 6.58 Å².